The van der Waals surface area contributed by atoms with Gasteiger partial charge in [-0.25, -0.2) is 12.7 Å². The number of piperidine rings is 1. The van der Waals surface area contributed by atoms with E-state index in [1.54, 1.807) is 18.2 Å². The lowest BCUT2D eigenvalue weighted by Gasteiger charge is -2.37. The Labute approximate surface area is 196 Å². The number of benzene rings is 1. The Morgan fingerprint density at radius 1 is 1.07 bits per heavy atom. The monoisotopic (exact) mass is 554 g/mol. The van der Waals surface area contributed by atoms with Crippen molar-refractivity contribution in [2.75, 3.05) is 13.1 Å². The molecule has 7 heteroatoms. The van der Waals surface area contributed by atoms with Crippen LogP contribution in [0.2, 0.25) is 0 Å². The molecule has 4 nitrogen and oxygen atoms in total. The molecule has 4 rings (SSSR count). The van der Waals surface area contributed by atoms with Gasteiger partial charge in [0.05, 0.1) is 10.9 Å². The number of fused-ring (bicyclic) bond motifs is 2. The molecule has 0 amide bonds. The highest BCUT2D eigenvalue weighted by Gasteiger charge is 2.38. The van der Waals surface area contributed by atoms with Gasteiger partial charge in [0.2, 0.25) is 10.0 Å². The highest BCUT2D eigenvalue weighted by Crippen LogP contribution is 2.45. The summed E-state index contributed by atoms with van der Waals surface area (Å²) in [6, 6.07) is 6.72. The molecule has 0 spiro atoms. The second-order valence-electron chi connectivity index (χ2n) is 8.83. The number of aryl methyl sites for hydroxylation is 3. The van der Waals surface area contributed by atoms with Crippen molar-refractivity contribution < 1.29 is 8.42 Å². The molecule has 0 bridgehead atoms. The molecule has 1 fully saturated rings. The molecular weight excluding hydrogens is 528 g/mol. The lowest BCUT2D eigenvalue weighted by molar-refractivity contribution is 0.253. The smallest absolute Gasteiger partial charge is 0.216 e. The summed E-state index contributed by atoms with van der Waals surface area (Å²) >= 11 is 7.45. The highest BCUT2D eigenvalue weighted by molar-refractivity contribution is 9.10. The molecule has 2 aliphatic rings. The number of pyridine rings is 1. The van der Waals surface area contributed by atoms with Crippen LogP contribution < -0.4 is 0 Å². The van der Waals surface area contributed by atoms with E-state index >= 15 is 0 Å². The largest absolute Gasteiger partial charge is 0.259 e. The zero-order chi connectivity index (χ0) is 21.6. The Balaban J connectivity index is 1.74. The molecular formula is C23H28Br2N2O2S. The second-order valence-corrected chi connectivity index (χ2v) is 13.1. The van der Waals surface area contributed by atoms with Crippen LogP contribution in [-0.4, -0.2) is 36.0 Å². The van der Waals surface area contributed by atoms with Crippen LogP contribution in [0.3, 0.4) is 0 Å². The summed E-state index contributed by atoms with van der Waals surface area (Å²) in [7, 11) is -3.20. The van der Waals surface area contributed by atoms with Crippen LogP contribution >= 0.6 is 31.9 Å². The molecule has 0 radical (unpaired) electrons. The molecule has 162 valence electrons. The first-order valence-corrected chi connectivity index (χ1v) is 13.7. The predicted molar refractivity (Wildman–Crippen MR) is 128 cm³/mol. The van der Waals surface area contributed by atoms with E-state index in [0.29, 0.717) is 19.0 Å². The number of nitrogens with zero attached hydrogens (tertiary/aromatic N) is 2. The number of hydrogen-bond donors (Lipinski definition) is 0. The summed E-state index contributed by atoms with van der Waals surface area (Å²) in [6.07, 6.45) is 5.58. The standard InChI is InChI=1S/C23H28Br2N2O2S/c1-14(2)30(28,29)27-8-6-16(7-9-27)22-21-17(10-15(3)11-20(21)25)4-5-18-12-19(24)13-26-23(18)22/h10-14,16,22H,4-9H2,1-3H3. The van der Waals surface area contributed by atoms with Crippen LogP contribution in [0.15, 0.2) is 33.3 Å². The first-order chi connectivity index (χ1) is 14.2. The lowest BCUT2D eigenvalue weighted by Crippen LogP contribution is -2.43. The fraction of sp³-hybridized carbons (Fsp3) is 0.522. The van der Waals surface area contributed by atoms with Gasteiger partial charge in [0.15, 0.2) is 0 Å². The van der Waals surface area contributed by atoms with Crippen molar-refractivity contribution in [2.45, 2.75) is 57.6 Å². The Morgan fingerprint density at radius 2 is 1.73 bits per heavy atom. The third-order valence-corrected chi connectivity index (χ3v) is 9.89. The molecule has 1 saturated heterocycles. The number of aromatic nitrogens is 1. The van der Waals surface area contributed by atoms with Crippen molar-refractivity contribution in [3.05, 3.63) is 61.3 Å². The minimum absolute atomic E-state index is 0.185. The summed E-state index contributed by atoms with van der Waals surface area (Å²) in [5.74, 6) is 0.552. The van der Waals surface area contributed by atoms with Crippen molar-refractivity contribution in [2.24, 2.45) is 5.92 Å². The maximum absolute atomic E-state index is 12.7. The normalized spacial score (nSPS) is 20.7. The molecule has 1 unspecified atom stereocenters. The SMILES string of the molecule is Cc1cc(Br)c2c(c1)CCc1cc(Br)cnc1C2C1CCN(S(=O)(=O)C(C)C)CC1. The quantitative estimate of drug-likeness (QED) is 0.495. The van der Waals surface area contributed by atoms with Gasteiger partial charge >= 0.3 is 0 Å². The van der Waals surface area contributed by atoms with E-state index < -0.39 is 10.0 Å². The van der Waals surface area contributed by atoms with Crippen LogP contribution in [0.25, 0.3) is 0 Å². The van der Waals surface area contributed by atoms with Crippen molar-refractivity contribution in [1.29, 1.82) is 0 Å². The van der Waals surface area contributed by atoms with E-state index in [2.05, 4.69) is 57.0 Å². The Kier molecular flexibility index (Phi) is 6.46. The van der Waals surface area contributed by atoms with E-state index in [9.17, 15) is 8.42 Å². The first kappa shape index (κ1) is 22.4. The summed E-state index contributed by atoms with van der Waals surface area (Å²) in [6.45, 7) is 6.85. The van der Waals surface area contributed by atoms with E-state index in [0.717, 1.165) is 40.3 Å². The molecule has 1 atom stereocenters. The van der Waals surface area contributed by atoms with Crippen molar-refractivity contribution in [3.63, 3.8) is 0 Å². The second kappa shape index (κ2) is 8.64. The molecule has 30 heavy (non-hydrogen) atoms. The molecule has 0 N–H and O–H groups in total. The third-order valence-electron chi connectivity index (χ3n) is 6.52. The van der Waals surface area contributed by atoms with Gasteiger partial charge in [-0.15, -0.1) is 0 Å². The lowest BCUT2D eigenvalue weighted by atomic mass is 9.76. The Hall–Kier alpha value is -0.760. The van der Waals surface area contributed by atoms with Crippen molar-refractivity contribution in [1.82, 2.24) is 9.29 Å². The fourth-order valence-corrected chi connectivity index (χ4v) is 7.54. The van der Waals surface area contributed by atoms with Gasteiger partial charge < -0.3 is 0 Å². The predicted octanol–water partition coefficient (Wildman–Crippen LogP) is 5.60. The minimum atomic E-state index is -3.20. The average molecular weight is 556 g/mol. The molecule has 1 aromatic carbocycles. The summed E-state index contributed by atoms with van der Waals surface area (Å²) in [4.78, 5) is 4.89. The number of halogens is 2. The minimum Gasteiger partial charge on any atom is -0.259 e. The van der Waals surface area contributed by atoms with Crippen LogP contribution in [0.5, 0.6) is 0 Å². The van der Waals surface area contributed by atoms with Crippen molar-refractivity contribution in [3.8, 4) is 0 Å². The molecule has 2 aromatic rings. The maximum atomic E-state index is 12.7. The van der Waals surface area contributed by atoms with Crippen LogP contribution in [0.4, 0.5) is 0 Å². The Morgan fingerprint density at radius 3 is 2.40 bits per heavy atom. The van der Waals surface area contributed by atoms with E-state index in [-0.39, 0.29) is 11.2 Å². The molecule has 1 aliphatic heterocycles. The van der Waals surface area contributed by atoms with Gasteiger partial charge in [0.25, 0.3) is 0 Å². The van der Waals surface area contributed by atoms with Gasteiger partial charge in [0.1, 0.15) is 0 Å². The van der Waals surface area contributed by atoms with Crippen LogP contribution in [-0.2, 0) is 22.9 Å². The van der Waals surface area contributed by atoms with Crippen LogP contribution in [0.1, 0.15) is 60.6 Å². The zero-order valence-electron chi connectivity index (χ0n) is 17.7. The van der Waals surface area contributed by atoms with Crippen LogP contribution in [0, 0.1) is 12.8 Å². The highest BCUT2D eigenvalue weighted by atomic mass is 79.9. The van der Waals surface area contributed by atoms with Gasteiger partial charge in [-0.3, -0.25) is 4.98 Å². The van der Waals surface area contributed by atoms with Gasteiger partial charge in [-0.1, -0.05) is 22.0 Å². The van der Waals surface area contributed by atoms with Gasteiger partial charge in [-0.05, 0) is 103 Å². The summed E-state index contributed by atoms with van der Waals surface area (Å²) < 4.78 is 29.1. The molecule has 1 aromatic heterocycles. The summed E-state index contributed by atoms with van der Waals surface area (Å²) in [5, 5.41) is -0.371. The fourth-order valence-electron chi connectivity index (χ4n) is 4.98. The van der Waals surface area contributed by atoms with E-state index in [1.807, 2.05) is 6.20 Å². The molecule has 2 heterocycles. The number of rotatable bonds is 3. The molecule has 1 aliphatic carbocycles. The zero-order valence-corrected chi connectivity index (χ0v) is 21.6. The summed E-state index contributed by atoms with van der Waals surface area (Å²) in [5.41, 5.74) is 6.45. The van der Waals surface area contributed by atoms with E-state index in [1.165, 1.54) is 22.3 Å². The third kappa shape index (κ3) is 4.15. The number of sulfonamides is 1. The first-order valence-electron chi connectivity index (χ1n) is 10.6. The topological polar surface area (TPSA) is 50.3 Å². The average Bonchev–Trinajstić information content (AvgIpc) is 2.85. The van der Waals surface area contributed by atoms with Crippen molar-refractivity contribution >= 4 is 41.9 Å². The Bertz CT molecular complexity index is 1060. The van der Waals surface area contributed by atoms with Gasteiger partial charge in [0, 0.05) is 34.1 Å². The number of hydrogen-bond acceptors (Lipinski definition) is 3. The van der Waals surface area contributed by atoms with E-state index in [4.69, 9.17) is 4.98 Å². The maximum Gasteiger partial charge on any atom is 0.216 e. The van der Waals surface area contributed by atoms with Gasteiger partial charge in [-0.2, -0.15) is 0 Å². The molecule has 0 saturated carbocycles.